The van der Waals surface area contributed by atoms with Crippen LogP contribution in [0.25, 0.3) is 11.1 Å². The van der Waals surface area contributed by atoms with Crippen molar-refractivity contribution in [2.24, 2.45) is 7.05 Å². The van der Waals surface area contributed by atoms with Crippen LogP contribution in [0.5, 0.6) is 0 Å². The monoisotopic (exact) mass is 480 g/mol. The number of nitriles is 1. The van der Waals surface area contributed by atoms with Crippen LogP contribution >= 0.6 is 11.6 Å². The number of aliphatic hydroxyl groups is 1. The molecule has 172 valence electrons. The van der Waals surface area contributed by atoms with Gasteiger partial charge in [-0.15, -0.1) is 0 Å². The van der Waals surface area contributed by atoms with Gasteiger partial charge in [-0.2, -0.15) is 18.4 Å². The zero-order valence-electron chi connectivity index (χ0n) is 17.3. The van der Waals surface area contributed by atoms with Crippen molar-refractivity contribution in [3.8, 4) is 17.2 Å². The lowest BCUT2D eigenvalue weighted by atomic mass is 9.80. The Balaban J connectivity index is 2.08. The number of aromatic carboxylic acids is 1. The second-order valence-corrected chi connectivity index (χ2v) is 7.90. The number of carboxylic acids is 1. The van der Waals surface area contributed by atoms with Crippen molar-refractivity contribution in [3.63, 3.8) is 0 Å². The fourth-order valence-electron chi connectivity index (χ4n) is 3.77. The van der Waals surface area contributed by atoms with Crippen molar-refractivity contribution >= 4 is 17.6 Å². The molecule has 1 heterocycles. The summed E-state index contributed by atoms with van der Waals surface area (Å²) in [4.78, 5) is 11.0. The first-order valence-electron chi connectivity index (χ1n) is 9.51. The summed E-state index contributed by atoms with van der Waals surface area (Å²) in [5.74, 6) is -3.99. The number of hydrogen-bond donors (Lipinski definition) is 2. The number of nitrogens with zero attached hydrogens (tertiary/aromatic N) is 2. The molecule has 0 aliphatic rings. The first-order chi connectivity index (χ1) is 15.3. The highest BCUT2D eigenvalue weighted by Gasteiger charge is 2.60. The molecule has 10 heteroatoms. The molecule has 0 spiro atoms. The lowest BCUT2D eigenvalue weighted by Crippen LogP contribution is -2.47. The number of alkyl halides is 3. The largest absolute Gasteiger partial charge is 0.478 e. The Bertz CT molecular complexity index is 1280. The van der Waals surface area contributed by atoms with Crippen LogP contribution in [0.15, 0.2) is 48.5 Å². The minimum Gasteiger partial charge on any atom is -0.478 e. The van der Waals surface area contributed by atoms with Crippen LogP contribution < -0.4 is 0 Å². The van der Waals surface area contributed by atoms with Crippen molar-refractivity contribution in [2.45, 2.75) is 24.6 Å². The normalized spacial score (nSPS) is 14.4. The number of aromatic nitrogens is 1. The van der Waals surface area contributed by atoms with E-state index in [0.29, 0.717) is 5.56 Å². The number of hydrogen-bond acceptors (Lipinski definition) is 3. The van der Waals surface area contributed by atoms with Crippen LogP contribution in [0.3, 0.4) is 0 Å². The molecule has 0 bridgehead atoms. The van der Waals surface area contributed by atoms with Gasteiger partial charge in [0.15, 0.2) is 0 Å². The van der Waals surface area contributed by atoms with E-state index >= 15 is 0 Å². The molecule has 0 saturated heterocycles. The van der Waals surface area contributed by atoms with E-state index in [1.807, 2.05) is 0 Å². The van der Waals surface area contributed by atoms with Gasteiger partial charge in [0, 0.05) is 18.0 Å². The number of benzene rings is 2. The standard InChI is InChI=1S/C23H17ClF4N2O3/c1-12(22(33,23(26,27)28)20-8-5-15(11-29)30(20)2)16-6-3-13(9-18(16)24)14-4-7-17(21(31)32)19(25)10-14/h3-10,12,33H,1-2H3,(H,31,32)/t12-,22-/m1/s1. The highest BCUT2D eigenvalue weighted by molar-refractivity contribution is 6.31. The van der Waals surface area contributed by atoms with E-state index in [-0.39, 0.29) is 21.8 Å². The summed E-state index contributed by atoms with van der Waals surface area (Å²) in [5, 5.41) is 28.9. The predicted molar refractivity (Wildman–Crippen MR) is 112 cm³/mol. The molecule has 33 heavy (non-hydrogen) atoms. The SMILES string of the molecule is C[C@H](c1ccc(-c2ccc(C(=O)O)c(F)c2)cc1Cl)[C@@](O)(c1ccc(C#N)n1C)C(F)(F)F. The molecule has 1 aromatic heterocycles. The Labute approximate surface area is 191 Å². The Morgan fingerprint density at radius 2 is 1.73 bits per heavy atom. The quantitative estimate of drug-likeness (QED) is 0.465. The van der Waals surface area contributed by atoms with Crippen LogP contribution in [-0.2, 0) is 12.6 Å². The first kappa shape index (κ1) is 24.3. The van der Waals surface area contributed by atoms with Gasteiger partial charge in [-0.25, -0.2) is 9.18 Å². The summed E-state index contributed by atoms with van der Waals surface area (Å²) in [7, 11) is 1.25. The molecular formula is C23H17ClF4N2O3. The Morgan fingerprint density at radius 3 is 2.21 bits per heavy atom. The van der Waals surface area contributed by atoms with E-state index < -0.39 is 40.7 Å². The van der Waals surface area contributed by atoms with E-state index in [9.17, 15) is 27.5 Å². The number of carbonyl (C=O) groups is 1. The van der Waals surface area contributed by atoms with Gasteiger partial charge >= 0.3 is 12.1 Å². The number of rotatable bonds is 5. The molecule has 0 fully saturated rings. The fraction of sp³-hybridized carbons (Fsp3) is 0.217. The summed E-state index contributed by atoms with van der Waals surface area (Å²) in [6.07, 6.45) is -5.11. The van der Waals surface area contributed by atoms with Crippen molar-refractivity contribution in [2.75, 3.05) is 0 Å². The lowest BCUT2D eigenvalue weighted by Gasteiger charge is -2.37. The van der Waals surface area contributed by atoms with E-state index in [1.54, 1.807) is 6.07 Å². The van der Waals surface area contributed by atoms with Gasteiger partial charge < -0.3 is 14.8 Å². The molecule has 0 aliphatic heterocycles. The molecule has 3 rings (SSSR count). The van der Waals surface area contributed by atoms with Crippen molar-refractivity contribution < 1.29 is 32.6 Å². The Morgan fingerprint density at radius 1 is 1.12 bits per heavy atom. The van der Waals surface area contributed by atoms with Gasteiger partial charge in [-0.1, -0.05) is 36.7 Å². The van der Waals surface area contributed by atoms with Crippen molar-refractivity contribution in [1.82, 2.24) is 4.57 Å². The van der Waals surface area contributed by atoms with Gasteiger partial charge in [0.1, 0.15) is 17.6 Å². The van der Waals surface area contributed by atoms with Crippen molar-refractivity contribution in [1.29, 1.82) is 5.26 Å². The minimum atomic E-state index is -5.11. The maximum Gasteiger partial charge on any atom is 0.423 e. The minimum absolute atomic E-state index is 0.0254. The number of carboxylic acid groups (broad SMARTS) is 1. The fourth-order valence-corrected chi connectivity index (χ4v) is 4.11. The lowest BCUT2D eigenvalue weighted by molar-refractivity contribution is -0.276. The molecule has 0 radical (unpaired) electrons. The molecule has 5 nitrogen and oxygen atoms in total. The summed E-state index contributed by atoms with van der Waals surface area (Å²) in [6, 6.07) is 11.4. The molecule has 2 aromatic carbocycles. The highest BCUT2D eigenvalue weighted by atomic mass is 35.5. The van der Waals surface area contributed by atoms with Crippen LogP contribution in [0.1, 0.15) is 40.2 Å². The molecule has 0 saturated carbocycles. The molecule has 0 amide bonds. The van der Waals surface area contributed by atoms with Gasteiger partial charge in [-0.3, -0.25) is 0 Å². The summed E-state index contributed by atoms with van der Waals surface area (Å²) in [5.41, 5.74) is -3.89. The second-order valence-electron chi connectivity index (χ2n) is 7.50. The molecular weight excluding hydrogens is 464 g/mol. The zero-order valence-corrected chi connectivity index (χ0v) is 18.0. The van der Waals surface area contributed by atoms with Crippen molar-refractivity contribution in [3.05, 3.63) is 81.9 Å². The first-order valence-corrected chi connectivity index (χ1v) is 9.88. The third-order valence-electron chi connectivity index (χ3n) is 5.69. The maximum absolute atomic E-state index is 14.2. The third-order valence-corrected chi connectivity index (χ3v) is 6.01. The van der Waals surface area contributed by atoms with Crippen LogP contribution in [-0.4, -0.2) is 26.9 Å². The van der Waals surface area contributed by atoms with Gasteiger partial charge in [0.25, 0.3) is 0 Å². The zero-order chi connectivity index (χ0) is 24.7. The van der Waals surface area contributed by atoms with Crippen LogP contribution in [0.2, 0.25) is 5.02 Å². The molecule has 3 aromatic rings. The topological polar surface area (TPSA) is 86.2 Å². The third kappa shape index (κ3) is 4.08. The average Bonchev–Trinajstić information content (AvgIpc) is 3.12. The van der Waals surface area contributed by atoms with Crippen LogP contribution in [0, 0.1) is 17.1 Å². The molecule has 0 aliphatic carbocycles. The summed E-state index contributed by atoms with van der Waals surface area (Å²) in [6.45, 7) is 1.16. The predicted octanol–water partition coefficient (Wildman–Crippen LogP) is 5.61. The molecule has 0 unspecified atom stereocenters. The van der Waals surface area contributed by atoms with E-state index in [0.717, 1.165) is 29.7 Å². The van der Waals surface area contributed by atoms with E-state index in [4.69, 9.17) is 22.0 Å². The maximum atomic E-state index is 14.2. The van der Waals surface area contributed by atoms with E-state index in [2.05, 4.69) is 0 Å². The van der Waals surface area contributed by atoms with Gasteiger partial charge in [0.05, 0.1) is 11.3 Å². The number of halogens is 5. The summed E-state index contributed by atoms with van der Waals surface area (Å²) >= 11 is 6.29. The Hall–Kier alpha value is -3.35. The summed E-state index contributed by atoms with van der Waals surface area (Å²) < 4.78 is 57.5. The second kappa shape index (κ2) is 8.54. The Kier molecular flexibility index (Phi) is 6.29. The van der Waals surface area contributed by atoms with Gasteiger partial charge in [0.2, 0.25) is 5.60 Å². The molecule has 2 N–H and O–H groups in total. The van der Waals surface area contributed by atoms with Gasteiger partial charge in [-0.05, 0) is 47.0 Å². The average molecular weight is 481 g/mol. The van der Waals surface area contributed by atoms with Crippen LogP contribution in [0.4, 0.5) is 17.6 Å². The van der Waals surface area contributed by atoms with E-state index in [1.165, 1.54) is 37.4 Å². The highest BCUT2D eigenvalue weighted by Crippen LogP contribution is 2.50. The smallest absolute Gasteiger partial charge is 0.423 e. The molecule has 2 atom stereocenters.